The van der Waals surface area contributed by atoms with E-state index in [1.807, 2.05) is 6.07 Å². The summed E-state index contributed by atoms with van der Waals surface area (Å²) in [7, 11) is 0. The van der Waals surface area contributed by atoms with Crippen LogP contribution in [0.1, 0.15) is 47.4 Å². The molecule has 1 aromatic carbocycles. The lowest BCUT2D eigenvalue weighted by Gasteiger charge is -2.45. The smallest absolute Gasteiger partial charge is 0.297 e. The van der Waals surface area contributed by atoms with Gasteiger partial charge >= 0.3 is 0 Å². The molecule has 0 amide bonds. The van der Waals surface area contributed by atoms with Gasteiger partial charge in [0.05, 0.1) is 10.4 Å². The van der Waals surface area contributed by atoms with Crippen molar-refractivity contribution in [1.29, 1.82) is 0 Å². The largest absolute Gasteiger partial charge is 0.363 e. The first-order valence-corrected chi connectivity index (χ1v) is 11.8. The fraction of sp³-hybridized carbons (Fsp3) is 0.458. The van der Waals surface area contributed by atoms with Gasteiger partial charge in [-0.25, -0.2) is 0 Å². The summed E-state index contributed by atoms with van der Waals surface area (Å²) in [6.45, 7) is 6.03. The van der Waals surface area contributed by atoms with Crippen LogP contribution in [0.15, 0.2) is 47.0 Å². The molecule has 2 aromatic rings. The van der Waals surface area contributed by atoms with Crippen LogP contribution in [-0.4, -0.2) is 36.9 Å². The molecule has 1 saturated heterocycles. The molecule has 0 bridgehead atoms. The van der Waals surface area contributed by atoms with Gasteiger partial charge < -0.3 is 4.74 Å². The third-order valence-corrected chi connectivity index (χ3v) is 8.21. The molecule has 0 radical (unpaired) electrons. The highest BCUT2D eigenvalue weighted by atomic mass is 35.5. The lowest BCUT2D eigenvalue weighted by atomic mass is 9.84. The molecule has 0 aliphatic carbocycles. The van der Waals surface area contributed by atoms with Crippen molar-refractivity contribution in [1.82, 2.24) is 4.90 Å². The van der Waals surface area contributed by atoms with E-state index in [1.54, 1.807) is 0 Å². The molecule has 3 aliphatic heterocycles. The molecular formula is C24H25ClF2N2OS. The van der Waals surface area contributed by atoms with Gasteiger partial charge in [0.15, 0.2) is 0 Å². The van der Waals surface area contributed by atoms with Crippen LogP contribution in [0.5, 0.6) is 0 Å². The molecule has 31 heavy (non-hydrogen) atoms. The highest BCUT2D eigenvalue weighted by Gasteiger charge is 2.51. The summed E-state index contributed by atoms with van der Waals surface area (Å²) in [6.07, 6.45) is 3.64. The minimum absolute atomic E-state index is 0.0600. The van der Waals surface area contributed by atoms with E-state index in [2.05, 4.69) is 43.0 Å². The number of fused-ring (bicyclic) bond motifs is 2. The number of halogens is 3. The Morgan fingerprint density at radius 3 is 2.71 bits per heavy atom. The second-order valence-corrected chi connectivity index (χ2v) is 10.4. The molecule has 164 valence electrons. The van der Waals surface area contributed by atoms with Gasteiger partial charge in [0.2, 0.25) is 0 Å². The van der Waals surface area contributed by atoms with Crippen molar-refractivity contribution in [3.8, 4) is 0 Å². The summed E-state index contributed by atoms with van der Waals surface area (Å²) in [5, 5.41) is 0. The topological polar surface area (TPSA) is 24.8 Å². The van der Waals surface area contributed by atoms with E-state index < -0.39 is 18.1 Å². The fourth-order valence-corrected chi connectivity index (χ4v) is 6.39. The van der Waals surface area contributed by atoms with Gasteiger partial charge in [-0.2, -0.15) is 8.78 Å². The Kier molecular flexibility index (Phi) is 5.32. The number of likely N-dealkylation sites (tertiary alicyclic amines) is 1. The zero-order chi connectivity index (χ0) is 21.8. The van der Waals surface area contributed by atoms with E-state index >= 15 is 0 Å². The molecular weight excluding hydrogens is 438 g/mol. The van der Waals surface area contributed by atoms with Crippen molar-refractivity contribution >= 4 is 28.6 Å². The highest BCUT2D eigenvalue weighted by Crippen LogP contribution is 2.52. The second kappa shape index (κ2) is 7.77. The van der Waals surface area contributed by atoms with Gasteiger partial charge in [0, 0.05) is 35.8 Å². The third kappa shape index (κ3) is 3.78. The molecule has 1 unspecified atom stereocenters. The molecule has 0 N–H and O–H groups in total. The molecule has 3 aliphatic rings. The summed E-state index contributed by atoms with van der Waals surface area (Å²) < 4.78 is 34.9. The van der Waals surface area contributed by atoms with Crippen molar-refractivity contribution in [2.24, 2.45) is 4.99 Å². The minimum Gasteiger partial charge on any atom is -0.363 e. The van der Waals surface area contributed by atoms with E-state index in [-0.39, 0.29) is 11.6 Å². The van der Waals surface area contributed by atoms with Crippen LogP contribution in [0, 0.1) is 6.92 Å². The predicted molar refractivity (Wildman–Crippen MR) is 122 cm³/mol. The van der Waals surface area contributed by atoms with Crippen LogP contribution in [0.4, 0.5) is 8.78 Å². The maximum atomic E-state index is 14.3. The van der Waals surface area contributed by atoms with Crippen molar-refractivity contribution in [2.75, 3.05) is 26.2 Å². The van der Waals surface area contributed by atoms with Gasteiger partial charge in [0.1, 0.15) is 12.2 Å². The first-order valence-electron chi connectivity index (χ1n) is 10.6. The van der Waals surface area contributed by atoms with E-state index in [1.165, 1.54) is 34.1 Å². The van der Waals surface area contributed by atoms with E-state index in [0.29, 0.717) is 22.1 Å². The predicted octanol–water partition coefficient (Wildman–Crippen LogP) is 6.27. The number of hydrogen-bond donors (Lipinski definition) is 0. The van der Waals surface area contributed by atoms with Gasteiger partial charge in [-0.3, -0.25) is 9.89 Å². The average Bonchev–Trinajstić information content (AvgIpc) is 3.31. The van der Waals surface area contributed by atoms with Gasteiger partial charge in [0.25, 0.3) is 5.92 Å². The first-order chi connectivity index (χ1) is 14.8. The standard InChI is InChI=1S/C24H25ClF2N2OS/c1-15-5-3-4-6-18(15)20-11-17(16(2)28-20)13-29-9-7-23(8-10-29)22-19(12-21(25)31-22)24(26,27)14-30-23/h3-6,11-12,20H,7-10,13-14H2,1-2H3. The highest BCUT2D eigenvalue weighted by molar-refractivity contribution is 7.16. The number of aryl methyl sites for hydroxylation is 1. The summed E-state index contributed by atoms with van der Waals surface area (Å²) >= 11 is 7.36. The lowest BCUT2D eigenvalue weighted by molar-refractivity contribution is -0.181. The van der Waals surface area contributed by atoms with Crippen molar-refractivity contribution in [3.05, 3.63) is 67.9 Å². The van der Waals surface area contributed by atoms with Crippen molar-refractivity contribution in [3.63, 3.8) is 0 Å². The molecule has 1 fully saturated rings. The van der Waals surface area contributed by atoms with Crippen molar-refractivity contribution < 1.29 is 13.5 Å². The molecule has 1 atom stereocenters. The van der Waals surface area contributed by atoms with Crippen LogP contribution in [-0.2, 0) is 16.3 Å². The SMILES string of the molecule is CC1=NC(c2ccccc2C)C=C1CN1CCC2(CC1)OCC(F)(F)c1cc(Cl)sc12. The lowest BCUT2D eigenvalue weighted by Crippen LogP contribution is -2.49. The maximum absolute atomic E-state index is 14.3. The molecule has 3 nitrogen and oxygen atoms in total. The number of nitrogens with zero attached hydrogens (tertiary/aromatic N) is 2. The Bertz CT molecular complexity index is 1070. The average molecular weight is 463 g/mol. The zero-order valence-corrected chi connectivity index (χ0v) is 19.2. The van der Waals surface area contributed by atoms with Crippen LogP contribution in [0.2, 0.25) is 4.34 Å². The van der Waals surface area contributed by atoms with Gasteiger partial charge in [-0.15, -0.1) is 11.3 Å². The first kappa shape index (κ1) is 21.3. The molecule has 4 heterocycles. The molecule has 1 spiro atoms. The summed E-state index contributed by atoms with van der Waals surface area (Å²) in [4.78, 5) is 7.87. The number of piperidine rings is 1. The Morgan fingerprint density at radius 2 is 1.97 bits per heavy atom. The van der Waals surface area contributed by atoms with Crippen LogP contribution in [0.3, 0.4) is 0 Å². The number of benzene rings is 1. The van der Waals surface area contributed by atoms with Crippen molar-refractivity contribution in [2.45, 2.75) is 44.3 Å². The fourth-order valence-electron chi connectivity index (χ4n) is 4.91. The molecule has 7 heteroatoms. The molecule has 1 aromatic heterocycles. The van der Waals surface area contributed by atoms with Crippen LogP contribution >= 0.6 is 22.9 Å². The van der Waals surface area contributed by atoms with E-state index in [9.17, 15) is 8.78 Å². The normalized spacial score (nSPS) is 24.7. The Balaban J connectivity index is 1.29. The number of aliphatic imine (C=N–C) groups is 1. The number of rotatable bonds is 3. The number of ether oxygens (including phenoxy) is 1. The van der Waals surface area contributed by atoms with Gasteiger partial charge in [-0.1, -0.05) is 35.9 Å². The number of thiophene rings is 1. The van der Waals surface area contributed by atoms with E-state index in [0.717, 1.165) is 25.3 Å². The summed E-state index contributed by atoms with van der Waals surface area (Å²) in [5.41, 5.74) is 4.24. The Labute approximate surface area is 190 Å². The third-order valence-electron chi connectivity index (χ3n) is 6.76. The molecule has 0 saturated carbocycles. The maximum Gasteiger partial charge on any atom is 0.297 e. The zero-order valence-electron chi connectivity index (χ0n) is 17.6. The Hall–Kier alpha value is -1.60. The summed E-state index contributed by atoms with van der Waals surface area (Å²) in [6, 6.07) is 9.87. The monoisotopic (exact) mass is 462 g/mol. The second-order valence-electron chi connectivity index (χ2n) is 8.76. The quantitative estimate of drug-likeness (QED) is 0.537. The van der Waals surface area contributed by atoms with Gasteiger partial charge in [-0.05, 0) is 55.5 Å². The Morgan fingerprint density at radius 1 is 1.23 bits per heavy atom. The number of hydrogen-bond acceptors (Lipinski definition) is 4. The van der Waals surface area contributed by atoms with Crippen LogP contribution < -0.4 is 0 Å². The van der Waals surface area contributed by atoms with Crippen LogP contribution in [0.25, 0.3) is 0 Å². The minimum atomic E-state index is -2.96. The van der Waals surface area contributed by atoms with E-state index in [4.69, 9.17) is 21.3 Å². The number of alkyl halides is 2. The molecule has 5 rings (SSSR count). The summed E-state index contributed by atoms with van der Waals surface area (Å²) in [5.74, 6) is -2.96.